The topological polar surface area (TPSA) is 114 Å². The number of carbonyl (C=O) groups excluding carboxylic acids is 1. The van der Waals surface area contributed by atoms with Crippen LogP contribution in [-0.4, -0.2) is 29.3 Å². The summed E-state index contributed by atoms with van der Waals surface area (Å²) in [5.41, 5.74) is 2.77. The minimum Gasteiger partial charge on any atom is -0.322 e. The molecule has 1 amide bonds. The summed E-state index contributed by atoms with van der Waals surface area (Å²) >= 11 is 6.37. The van der Waals surface area contributed by atoms with Gasteiger partial charge in [-0.05, 0) is 48.5 Å². The number of pyridine rings is 1. The van der Waals surface area contributed by atoms with Gasteiger partial charge in [-0.25, -0.2) is 28.1 Å². The number of para-hydroxylation sites is 1. The molecule has 5 rings (SSSR count). The van der Waals surface area contributed by atoms with Crippen molar-refractivity contribution < 1.29 is 13.2 Å². The van der Waals surface area contributed by atoms with Crippen molar-refractivity contribution in [3.8, 4) is 11.3 Å². The monoisotopic (exact) mass is 515 g/mol. The van der Waals surface area contributed by atoms with Gasteiger partial charge in [0.25, 0.3) is 15.9 Å². The Kier molecular flexibility index (Phi) is 6.32. The van der Waals surface area contributed by atoms with Gasteiger partial charge in [-0.3, -0.25) is 4.79 Å². The summed E-state index contributed by atoms with van der Waals surface area (Å²) in [5.74, 6) is -0.401. The van der Waals surface area contributed by atoms with Crippen molar-refractivity contribution in [3.05, 3.63) is 108 Å². The van der Waals surface area contributed by atoms with Crippen molar-refractivity contribution in [1.82, 2.24) is 15.0 Å². The highest BCUT2D eigenvalue weighted by Crippen LogP contribution is 2.30. The van der Waals surface area contributed by atoms with Crippen LogP contribution in [0.5, 0.6) is 0 Å². The van der Waals surface area contributed by atoms with Crippen LogP contribution in [0.1, 0.15) is 10.4 Å². The number of anilines is 2. The van der Waals surface area contributed by atoms with E-state index in [2.05, 4.69) is 25.0 Å². The van der Waals surface area contributed by atoms with Gasteiger partial charge in [0.05, 0.1) is 21.7 Å². The molecule has 0 radical (unpaired) electrons. The van der Waals surface area contributed by atoms with Crippen LogP contribution in [0.3, 0.4) is 0 Å². The number of amides is 1. The first-order chi connectivity index (χ1) is 17.4. The van der Waals surface area contributed by atoms with E-state index in [0.29, 0.717) is 38.4 Å². The Morgan fingerprint density at radius 3 is 2.28 bits per heavy atom. The summed E-state index contributed by atoms with van der Waals surface area (Å²) in [6.07, 6.45) is 2.87. The summed E-state index contributed by atoms with van der Waals surface area (Å²) in [4.78, 5) is 25.7. The maximum Gasteiger partial charge on any atom is 0.264 e. The fourth-order valence-corrected chi connectivity index (χ4v) is 4.81. The Hall–Kier alpha value is -4.34. The first kappa shape index (κ1) is 23.4. The molecule has 0 aliphatic rings. The Morgan fingerprint density at radius 2 is 1.53 bits per heavy atom. The number of sulfonamides is 1. The van der Waals surface area contributed by atoms with Crippen molar-refractivity contribution in [1.29, 1.82) is 0 Å². The molecule has 178 valence electrons. The van der Waals surface area contributed by atoms with E-state index in [1.54, 1.807) is 18.2 Å². The summed E-state index contributed by atoms with van der Waals surface area (Å²) in [5, 5.41) is 4.04. The molecule has 0 saturated carbocycles. The largest absolute Gasteiger partial charge is 0.322 e. The summed E-state index contributed by atoms with van der Waals surface area (Å²) in [6, 6.07) is 23.7. The molecule has 5 aromatic rings. The lowest BCUT2D eigenvalue weighted by Crippen LogP contribution is -2.15. The highest BCUT2D eigenvalue weighted by atomic mass is 35.5. The lowest BCUT2D eigenvalue weighted by Gasteiger charge is -2.12. The third-order valence-electron chi connectivity index (χ3n) is 5.32. The van der Waals surface area contributed by atoms with Crippen LogP contribution in [-0.2, 0) is 10.0 Å². The van der Waals surface area contributed by atoms with Gasteiger partial charge in [-0.2, -0.15) is 0 Å². The maximum atomic E-state index is 13.3. The van der Waals surface area contributed by atoms with E-state index < -0.39 is 10.0 Å². The standard InChI is InChI=1S/C26H18ClN5O3S/c27-22-8-3-1-7-20(22)24-16-21(19-6-2-4-9-23(19)31-24)25(33)30-17-10-12-18(13-11-17)36(34,35)32-26-28-14-5-15-29-26/h1-16H,(H,30,33)(H,28,29,32). The fourth-order valence-electron chi connectivity index (χ4n) is 3.62. The second-order valence-electron chi connectivity index (χ2n) is 7.71. The van der Waals surface area contributed by atoms with Crippen molar-refractivity contribution >= 4 is 50.1 Å². The SMILES string of the molecule is O=C(Nc1ccc(S(=O)(=O)Nc2ncccn2)cc1)c1cc(-c2ccccc2Cl)nc2ccccc12. The van der Waals surface area contributed by atoms with E-state index >= 15 is 0 Å². The van der Waals surface area contributed by atoms with Gasteiger partial charge in [0.1, 0.15) is 0 Å². The van der Waals surface area contributed by atoms with Gasteiger partial charge in [0, 0.05) is 34.1 Å². The number of hydrogen-bond donors (Lipinski definition) is 2. The van der Waals surface area contributed by atoms with Crippen LogP contribution in [0.2, 0.25) is 5.02 Å². The Morgan fingerprint density at radius 1 is 0.833 bits per heavy atom. The van der Waals surface area contributed by atoms with Crippen molar-refractivity contribution in [2.45, 2.75) is 4.90 Å². The molecule has 36 heavy (non-hydrogen) atoms. The quantitative estimate of drug-likeness (QED) is 0.313. The number of hydrogen-bond acceptors (Lipinski definition) is 6. The van der Waals surface area contributed by atoms with Gasteiger partial charge < -0.3 is 5.32 Å². The average Bonchev–Trinajstić information content (AvgIpc) is 2.89. The molecule has 0 fully saturated rings. The molecule has 2 aromatic heterocycles. The zero-order chi connectivity index (χ0) is 25.1. The number of nitrogens with one attached hydrogen (secondary N) is 2. The normalized spacial score (nSPS) is 11.2. The third-order valence-corrected chi connectivity index (χ3v) is 7.00. The summed E-state index contributed by atoms with van der Waals surface area (Å²) in [6.45, 7) is 0. The van der Waals surface area contributed by atoms with Crippen molar-refractivity contribution in [3.63, 3.8) is 0 Å². The summed E-state index contributed by atoms with van der Waals surface area (Å²) in [7, 11) is -3.89. The van der Waals surface area contributed by atoms with Crippen LogP contribution in [0.15, 0.2) is 102 Å². The first-order valence-corrected chi connectivity index (χ1v) is 12.6. The molecular weight excluding hydrogens is 498 g/mol. The zero-order valence-electron chi connectivity index (χ0n) is 18.6. The predicted octanol–water partition coefficient (Wildman–Crippen LogP) is 5.40. The number of halogens is 1. The van der Waals surface area contributed by atoms with E-state index in [4.69, 9.17) is 11.6 Å². The number of fused-ring (bicyclic) bond motifs is 1. The highest BCUT2D eigenvalue weighted by Gasteiger charge is 2.18. The zero-order valence-corrected chi connectivity index (χ0v) is 20.2. The Labute approximate surface area is 212 Å². The lowest BCUT2D eigenvalue weighted by molar-refractivity contribution is 0.102. The molecule has 2 N–H and O–H groups in total. The number of rotatable bonds is 6. The van der Waals surface area contributed by atoms with Crippen LogP contribution in [0.25, 0.3) is 22.2 Å². The molecule has 2 heterocycles. The van der Waals surface area contributed by atoms with E-state index in [1.165, 1.54) is 36.7 Å². The molecule has 0 unspecified atom stereocenters. The van der Waals surface area contributed by atoms with Crippen molar-refractivity contribution in [2.24, 2.45) is 0 Å². The molecule has 3 aromatic carbocycles. The molecule has 8 nitrogen and oxygen atoms in total. The predicted molar refractivity (Wildman–Crippen MR) is 139 cm³/mol. The fraction of sp³-hybridized carbons (Fsp3) is 0. The van der Waals surface area contributed by atoms with E-state index in [0.717, 1.165) is 0 Å². The number of nitrogens with zero attached hydrogens (tertiary/aromatic N) is 3. The van der Waals surface area contributed by atoms with Gasteiger partial charge in [-0.1, -0.05) is 48.0 Å². The van der Waals surface area contributed by atoms with E-state index in [9.17, 15) is 13.2 Å². The van der Waals surface area contributed by atoms with Gasteiger partial charge in [0.15, 0.2) is 0 Å². The Bertz CT molecular complexity index is 1680. The molecule has 10 heteroatoms. The first-order valence-electron chi connectivity index (χ1n) is 10.8. The summed E-state index contributed by atoms with van der Waals surface area (Å²) < 4.78 is 27.5. The molecular formula is C26H18ClN5O3S. The molecule has 0 saturated heterocycles. The van der Waals surface area contributed by atoms with Crippen LogP contribution in [0, 0.1) is 0 Å². The molecule has 0 atom stereocenters. The second-order valence-corrected chi connectivity index (χ2v) is 9.80. The number of aromatic nitrogens is 3. The average molecular weight is 516 g/mol. The molecule has 0 aliphatic heterocycles. The van der Waals surface area contributed by atoms with Gasteiger partial charge in [-0.15, -0.1) is 0 Å². The highest BCUT2D eigenvalue weighted by molar-refractivity contribution is 7.92. The molecule has 0 aliphatic carbocycles. The van der Waals surface area contributed by atoms with Gasteiger partial charge in [0.2, 0.25) is 5.95 Å². The van der Waals surface area contributed by atoms with Gasteiger partial charge >= 0.3 is 0 Å². The number of benzene rings is 3. The van der Waals surface area contributed by atoms with Crippen LogP contribution < -0.4 is 10.0 Å². The smallest absolute Gasteiger partial charge is 0.264 e. The minimum absolute atomic E-state index is 0.00307. The molecule has 0 bridgehead atoms. The van der Waals surface area contributed by atoms with Crippen LogP contribution >= 0.6 is 11.6 Å². The van der Waals surface area contributed by atoms with Crippen molar-refractivity contribution in [2.75, 3.05) is 10.0 Å². The number of carbonyl (C=O) groups is 1. The molecule has 0 spiro atoms. The third kappa shape index (κ3) is 4.88. The second kappa shape index (κ2) is 9.73. The Balaban J connectivity index is 1.43. The van der Waals surface area contributed by atoms with E-state index in [-0.39, 0.29) is 16.8 Å². The minimum atomic E-state index is -3.89. The van der Waals surface area contributed by atoms with E-state index in [1.807, 2.05) is 42.5 Å². The van der Waals surface area contributed by atoms with Crippen LogP contribution in [0.4, 0.5) is 11.6 Å². The maximum absolute atomic E-state index is 13.3. The lowest BCUT2D eigenvalue weighted by atomic mass is 10.0.